The van der Waals surface area contributed by atoms with Gasteiger partial charge in [-0.05, 0) is 24.1 Å². The molecule has 1 aromatic rings. The van der Waals surface area contributed by atoms with Crippen LogP contribution in [-0.4, -0.2) is 82.4 Å². The minimum Gasteiger partial charge on any atom is -0.492 e. The largest absolute Gasteiger partial charge is 0.492 e. The first-order chi connectivity index (χ1) is 12.6. The van der Waals surface area contributed by atoms with E-state index in [2.05, 4.69) is 27.0 Å². The summed E-state index contributed by atoms with van der Waals surface area (Å²) in [5.74, 6) is 2.21. The molecular formula is C19H31ClN4O2. The maximum Gasteiger partial charge on any atom is 0.193 e. The Bertz CT molecular complexity index is 564. The van der Waals surface area contributed by atoms with Gasteiger partial charge in [0, 0.05) is 45.3 Å². The summed E-state index contributed by atoms with van der Waals surface area (Å²) in [4.78, 5) is 8.90. The fourth-order valence-electron chi connectivity index (χ4n) is 2.90. The maximum atomic E-state index is 5.97. The van der Waals surface area contributed by atoms with Gasteiger partial charge in [0.15, 0.2) is 5.96 Å². The lowest BCUT2D eigenvalue weighted by molar-refractivity contribution is 0.0320. The van der Waals surface area contributed by atoms with Gasteiger partial charge in [-0.15, -0.1) is 0 Å². The topological polar surface area (TPSA) is 49.3 Å². The van der Waals surface area contributed by atoms with Gasteiger partial charge < -0.3 is 19.7 Å². The number of benzene rings is 1. The number of likely N-dealkylation sites (N-methyl/N-ethyl adjacent to an activating group) is 1. The number of guanidine groups is 1. The van der Waals surface area contributed by atoms with Gasteiger partial charge in [0.2, 0.25) is 0 Å². The van der Waals surface area contributed by atoms with Crippen molar-refractivity contribution in [2.45, 2.75) is 6.92 Å². The fraction of sp³-hybridized carbons (Fsp3) is 0.632. The Morgan fingerprint density at radius 3 is 2.88 bits per heavy atom. The van der Waals surface area contributed by atoms with Gasteiger partial charge in [-0.2, -0.15) is 0 Å². The second-order valence-electron chi connectivity index (χ2n) is 6.67. The molecule has 2 rings (SSSR count). The molecule has 1 fully saturated rings. The van der Waals surface area contributed by atoms with Crippen LogP contribution >= 0.6 is 11.6 Å². The van der Waals surface area contributed by atoms with Gasteiger partial charge in [0.1, 0.15) is 12.4 Å². The molecule has 1 N–H and O–H groups in total. The third kappa shape index (κ3) is 7.40. The van der Waals surface area contributed by atoms with E-state index in [9.17, 15) is 0 Å². The predicted molar refractivity (Wildman–Crippen MR) is 107 cm³/mol. The molecule has 1 unspecified atom stereocenters. The van der Waals surface area contributed by atoms with Crippen LogP contribution in [0.3, 0.4) is 0 Å². The fourth-order valence-corrected chi connectivity index (χ4v) is 3.08. The maximum absolute atomic E-state index is 5.97. The van der Waals surface area contributed by atoms with Crippen molar-refractivity contribution in [1.29, 1.82) is 0 Å². The van der Waals surface area contributed by atoms with E-state index in [1.165, 1.54) is 0 Å². The second kappa shape index (κ2) is 11.3. The molecule has 7 heteroatoms. The van der Waals surface area contributed by atoms with Crippen molar-refractivity contribution < 1.29 is 9.47 Å². The molecule has 1 atom stereocenters. The number of hydrogen-bond acceptors (Lipinski definition) is 4. The molecule has 6 nitrogen and oxygen atoms in total. The number of ether oxygens (including phenoxy) is 2. The Balaban J connectivity index is 1.67. The van der Waals surface area contributed by atoms with Crippen molar-refractivity contribution in [3.63, 3.8) is 0 Å². The number of morpholine rings is 1. The molecule has 1 aromatic carbocycles. The van der Waals surface area contributed by atoms with Crippen molar-refractivity contribution in [2.75, 3.05) is 66.6 Å². The van der Waals surface area contributed by atoms with Crippen LogP contribution in [0.1, 0.15) is 6.92 Å². The summed E-state index contributed by atoms with van der Waals surface area (Å²) in [5, 5.41) is 4.14. The third-order valence-corrected chi connectivity index (χ3v) is 4.58. The molecular weight excluding hydrogens is 352 g/mol. The van der Waals surface area contributed by atoms with Crippen LogP contribution < -0.4 is 10.1 Å². The Hall–Kier alpha value is -1.50. The Morgan fingerprint density at radius 2 is 2.19 bits per heavy atom. The highest BCUT2D eigenvalue weighted by Crippen LogP contribution is 2.16. The highest BCUT2D eigenvalue weighted by atomic mass is 35.5. The number of hydrogen-bond donors (Lipinski definition) is 1. The van der Waals surface area contributed by atoms with E-state index in [1.807, 2.05) is 38.4 Å². The summed E-state index contributed by atoms with van der Waals surface area (Å²) in [5.41, 5.74) is 0. The highest BCUT2D eigenvalue weighted by Gasteiger charge is 2.14. The van der Waals surface area contributed by atoms with E-state index in [4.69, 9.17) is 21.1 Å². The van der Waals surface area contributed by atoms with E-state index < -0.39 is 0 Å². The Kier molecular flexibility index (Phi) is 9.01. The van der Waals surface area contributed by atoms with Crippen LogP contribution in [0.25, 0.3) is 0 Å². The van der Waals surface area contributed by atoms with E-state index in [-0.39, 0.29) is 0 Å². The normalized spacial score (nSPS) is 17.0. The molecule has 26 heavy (non-hydrogen) atoms. The average Bonchev–Trinajstić information content (AvgIpc) is 2.63. The Morgan fingerprint density at radius 1 is 1.42 bits per heavy atom. The lowest BCUT2D eigenvalue weighted by Gasteiger charge is -2.30. The van der Waals surface area contributed by atoms with Crippen LogP contribution in [0.2, 0.25) is 5.02 Å². The standard InChI is InChI=1S/C19H31ClN4O2/c1-16(15-24-8-10-25-11-9-24)14-22-19(21-2)23(3)7-12-26-18-6-4-5-17(20)13-18/h4-6,13,16H,7-12,14-15H2,1-3H3,(H,21,22). The van der Waals surface area contributed by atoms with Crippen LogP contribution in [0.5, 0.6) is 5.75 Å². The zero-order valence-electron chi connectivity index (χ0n) is 16.1. The third-order valence-electron chi connectivity index (χ3n) is 4.35. The highest BCUT2D eigenvalue weighted by molar-refractivity contribution is 6.30. The SMILES string of the molecule is CN=C(NCC(C)CN1CCOCC1)N(C)CCOc1cccc(Cl)c1. The van der Waals surface area contributed by atoms with Crippen LogP contribution in [0.4, 0.5) is 0 Å². The van der Waals surface area contributed by atoms with Crippen LogP contribution in [-0.2, 0) is 4.74 Å². The van der Waals surface area contributed by atoms with E-state index >= 15 is 0 Å². The van der Waals surface area contributed by atoms with Crippen LogP contribution in [0.15, 0.2) is 29.3 Å². The zero-order chi connectivity index (χ0) is 18.8. The van der Waals surface area contributed by atoms with Crippen molar-refractivity contribution in [3.05, 3.63) is 29.3 Å². The van der Waals surface area contributed by atoms with Crippen LogP contribution in [0, 0.1) is 5.92 Å². The first-order valence-electron chi connectivity index (χ1n) is 9.18. The molecule has 0 aromatic heterocycles. The zero-order valence-corrected chi connectivity index (χ0v) is 16.8. The summed E-state index contributed by atoms with van der Waals surface area (Å²) < 4.78 is 11.2. The second-order valence-corrected chi connectivity index (χ2v) is 7.11. The van der Waals surface area contributed by atoms with Gasteiger partial charge in [-0.3, -0.25) is 9.89 Å². The van der Waals surface area contributed by atoms with E-state index in [0.717, 1.165) is 57.6 Å². The smallest absolute Gasteiger partial charge is 0.193 e. The van der Waals surface area contributed by atoms with Crippen molar-refractivity contribution >= 4 is 17.6 Å². The van der Waals surface area contributed by atoms with Gasteiger partial charge in [0.25, 0.3) is 0 Å². The Labute approximate surface area is 162 Å². The number of rotatable bonds is 8. The van der Waals surface area contributed by atoms with E-state index in [0.29, 0.717) is 17.5 Å². The van der Waals surface area contributed by atoms with E-state index in [1.54, 1.807) is 0 Å². The molecule has 1 saturated heterocycles. The molecule has 0 bridgehead atoms. The monoisotopic (exact) mass is 382 g/mol. The van der Waals surface area contributed by atoms with Crippen molar-refractivity contribution in [3.8, 4) is 5.75 Å². The van der Waals surface area contributed by atoms with Crippen molar-refractivity contribution in [1.82, 2.24) is 15.1 Å². The lowest BCUT2D eigenvalue weighted by atomic mass is 10.1. The number of halogens is 1. The molecule has 1 aliphatic rings. The lowest BCUT2D eigenvalue weighted by Crippen LogP contribution is -2.45. The molecule has 1 aliphatic heterocycles. The molecule has 0 saturated carbocycles. The molecule has 0 amide bonds. The van der Waals surface area contributed by atoms with Gasteiger partial charge in [-0.25, -0.2) is 0 Å². The average molecular weight is 383 g/mol. The molecule has 0 spiro atoms. The summed E-state index contributed by atoms with van der Waals surface area (Å²) in [6.45, 7) is 9.29. The molecule has 146 valence electrons. The molecule has 0 radical (unpaired) electrons. The summed E-state index contributed by atoms with van der Waals surface area (Å²) in [6, 6.07) is 7.45. The predicted octanol–water partition coefficient (Wildman–Crippen LogP) is 2.19. The summed E-state index contributed by atoms with van der Waals surface area (Å²) in [7, 11) is 3.83. The number of nitrogens with one attached hydrogen (secondary N) is 1. The molecule has 1 heterocycles. The van der Waals surface area contributed by atoms with Gasteiger partial charge >= 0.3 is 0 Å². The summed E-state index contributed by atoms with van der Waals surface area (Å²) in [6.07, 6.45) is 0. The van der Waals surface area contributed by atoms with Gasteiger partial charge in [-0.1, -0.05) is 24.6 Å². The summed E-state index contributed by atoms with van der Waals surface area (Å²) >= 11 is 5.97. The minimum absolute atomic E-state index is 0.543. The van der Waals surface area contributed by atoms with Crippen molar-refractivity contribution in [2.24, 2.45) is 10.9 Å². The number of aliphatic imine (C=N–C) groups is 1. The first-order valence-corrected chi connectivity index (χ1v) is 9.56. The minimum atomic E-state index is 0.543. The quantitative estimate of drug-likeness (QED) is 0.551. The number of nitrogens with zero attached hydrogens (tertiary/aromatic N) is 3. The van der Waals surface area contributed by atoms with Gasteiger partial charge in [0.05, 0.1) is 19.8 Å². The molecule has 0 aliphatic carbocycles. The first kappa shape index (κ1) is 20.8.